The molecule has 0 aliphatic carbocycles. The highest BCUT2D eigenvalue weighted by Crippen LogP contribution is 2.22. The molecule has 0 saturated heterocycles. The molecular formula is C15H14N2O. The van der Waals surface area contributed by atoms with Gasteiger partial charge in [-0.2, -0.15) is 5.10 Å². The van der Waals surface area contributed by atoms with Crippen LogP contribution in [0.3, 0.4) is 0 Å². The SMILES string of the molecule is COc1ccc(-n2nc(C)c3ccccc32)cc1. The minimum absolute atomic E-state index is 0.854. The smallest absolute Gasteiger partial charge is 0.119 e. The van der Waals surface area contributed by atoms with Gasteiger partial charge >= 0.3 is 0 Å². The van der Waals surface area contributed by atoms with E-state index in [9.17, 15) is 0 Å². The van der Waals surface area contributed by atoms with Gasteiger partial charge in [0.15, 0.2) is 0 Å². The lowest BCUT2D eigenvalue weighted by molar-refractivity contribution is 0.414. The fourth-order valence-corrected chi connectivity index (χ4v) is 2.14. The highest BCUT2D eigenvalue weighted by atomic mass is 16.5. The molecule has 0 amide bonds. The topological polar surface area (TPSA) is 27.1 Å². The molecule has 0 radical (unpaired) electrons. The van der Waals surface area contributed by atoms with Gasteiger partial charge in [-0.05, 0) is 37.3 Å². The van der Waals surface area contributed by atoms with Crippen molar-refractivity contribution in [3.8, 4) is 11.4 Å². The molecule has 18 heavy (non-hydrogen) atoms. The van der Waals surface area contributed by atoms with E-state index < -0.39 is 0 Å². The molecule has 0 fully saturated rings. The Morgan fingerprint density at radius 3 is 2.44 bits per heavy atom. The lowest BCUT2D eigenvalue weighted by Crippen LogP contribution is -1.96. The van der Waals surface area contributed by atoms with E-state index in [1.165, 1.54) is 5.39 Å². The van der Waals surface area contributed by atoms with Crippen molar-refractivity contribution < 1.29 is 4.74 Å². The Bertz CT molecular complexity index is 683. The molecule has 3 aromatic rings. The fourth-order valence-electron chi connectivity index (χ4n) is 2.14. The summed E-state index contributed by atoms with van der Waals surface area (Å²) in [6.45, 7) is 2.03. The van der Waals surface area contributed by atoms with Crippen molar-refractivity contribution in [3.63, 3.8) is 0 Å². The minimum Gasteiger partial charge on any atom is -0.497 e. The first kappa shape index (κ1) is 10.8. The van der Waals surface area contributed by atoms with E-state index in [1.807, 2.05) is 48.0 Å². The molecule has 3 heteroatoms. The number of fused-ring (bicyclic) bond motifs is 1. The molecule has 0 N–H and O–H groups in total. The molecule has 90 valence electrons. The van der Waals surface area contributed by atoms with Gasteiger partial charge in [0.05, 0.1) is 24.0 Å². The Morgan fingerprint density at radius 1 is 1.00 bits per heavy atom. The van der Waals surface area contributed by atoms with Gasteiger partial charge in [0.2, 0.25) is 0 Å². The Labute approximate surface area is 106 Å². The maximum Gasteiger partial charge on any atom is 0.119 e. The van der Waals surface area contributed by atoms with Crippen molar-refractivity contribution >= 4 is 10.9 Å². The Balaban J connectivity index is 2.18. The van der Waals surface area contributed by atoms with Crippen molar-refractivity contribution in [3.05, 3.63) is 54.2 Å². The second kappa shape index (κ2) is 4.18. The minimum atomic E-state index is 0.854. The average Bonchev–Trinajstić information content (AvgIpc) is 2.77. The molecule has 3 rings (SSSR count). The Kier molecular flexibility index (Phi) is 2.52. The predicted octanol–water partition coefficient (Wildman–Crippen LogP) is 3.34. The summed E-state index contributed by atoms with van der Waals surface area (Å²) in [6.07, 6.45) is 0. The second-order valence-electron chi connectivity index (χ2n) is 4.21. The number of nitrogens with zero attached hydrogens (tertiary/aromatic N) is 2. The van der Waals surface area contributed by atoms with Crippen LogP contribution in [-0.4, -0.2) is 16.9 Å². The maximum absolute atomic E-state index is 5.17. The first-order valence-corrected chi connectivity index (χ1v) is 5.88. The van der Waals surface area contributed by atoms with Crippen molar-refractivity contribution in [1.29, 1.82) is 0 Å². The number of hydrogen-bond donors (Lipinski definition) is 0. The first-order valence-electron chi connectivity index (χ1n) is 5.88. The number of rotatable bonds is 2. The lowest BCUT2D eigenvalue weighted by Gasteiger charge is -2.04. The standard InChI is InChI=1S/C15H14N2O/c1-11-14-5-3-4-6-15(14)17(16-11)12-7-9-13(18-2)10-8-12/h3-10H,1-2H3. The summed E-state index contributed by atoms with van der Waals surface area (Å²) in [6, 6.07) is 16.2. The number of methoxy groups -OCH3 is 1. The third-order valence-electron chi connectivity index (χ3n) is 3.09. The molecule has 0 aliphatic heterocycles. The highest BCUT2D eigenvalue weighted by molar-refractivity contribution is 5.83. The summed E-state index contributed by atoms with van der Waals surface area (Å²) in [5.74, 6) is 0.854. The van der Waals surface area contributed by atoms with E-state index in [-0.39, 0.29) is 0 Å². The summed E-state index contributed by atoms with van der Waals surface area (Å²) < 4.78 is 7.13. The molecule has 0 bridgehead atoms. The van der Waals surface area contributed by atoms with Crippen LogP contribution >= 0.6 is 0 Å². The number of hydrogen-bond acceptors (Lipinski definition) is 2. The van der Waals surface area contributed by atoms with Crippen LogP contribution in [0.2, 0.25) is 0 Å². The predicted molar refractivity (Wildman–Crippen MR) is 72.4 cm³/mol. The van der Waals surface area contributed by atoms with E-state index in [0.717, 1.165) is 22.6 Å². The van der Waals surface area contributed by atoms with Crippen LogP contribution in [0.4, 0.5) is 0 Å². The van der Waals surface area contributed by atoms with E-state index >= 15 is 0 Å². The quantitative estimate of drug-likeness (QED) is 0.684. The van der Waals surface area contributed by atoms with Gasteiger partial charge in [-0.25, -0.2) is 4.68 Å². The highest BCUT2D eigenvalue weighted by Gasteiger charge is 2.07. The fraction of sp³-hybridized carbons (Fsp3) is 0.133. The zero-order valence-electron chi connectivity index (χ0n) is 10.4. The Morgan fingerprint density at radius 2 is 1.72 bits per heavy atom. The van der Waals surface area contributed by atoms with Gasteiger partial charge in [-0.3, -0.25) is 0 Å². The van der Waals surface area contributed by atoms with Gasteiger partial charge in [0.25, 0.3) is 0 Å². The van der Waals surface area contributed by atoms with Crippen LogP contribution in [0.5, 0.6) is 5.75 Å². The normalized spacial score (nSPS) is 10.8. The Hall–Kier alpha value is -2.29. The first-order chi connectivity index (χ1) is 8.79. The number of para-hydroxylation sites is 1. The summed E-state index contributed by atoms with van der Waals surface area (Å²) in [7, 11) is 1.67. The van der Waals surface area contributed by atoms with E-state index in [2.05, 4.69) is 17.2 Å². The van der Waals surface area contributed by atoms with E-state index in [0.29, 0.717) is 0 Å². The van der Waals surface area contributed by atoms with Crippen LogP contribution in [0.25, 0.3) is 16.6 Å². The summed E-state index contributed by atoms with van der Waals surface area (Å²) in [5, 5.41) is 5.78. The molecular weight excluding hydrogens is 224 g/mol. The molecule has 1 aromatic heterocycles. The van der Waals surface area contributed by atoms with Crippen LogP contribution in [0, 0.1) is 6.92 Å². The summed E-state index contributed by atoms with van der Waals surface area (Å²) in [4.78, 5) is 0. The molecule has 0 atom stereocenters. The van der Waals surface area contributed by atoms with Gasteiger partial charge in [-0.15, -0.1) is 0 Å². The number of ether oxygens (including phenoxy) is 1. The third-order valence-corrected chi connectivity index (χ3v) is 3.09. The third kappa shape index (κ3) is 1.64. The van der Waals surface area contributed by atoms with E-state index in [1.54, 1.807) is 7.11 Å². The molecule has 3 nitrogen and oxygen atoms in total. The van der Waals surface area contributed by atoms with Crippen molar-refractivity contribution in [1.82, 2.24) is 9.78 Å². The molecule has 0 unspecified atom stereocenters. The van der Waals surface area contributed by atoms with Crippen LogP contribution < -0.4 is 4.74 Å². The van der Waals surface area contributed by atoms with Gasteiger partial charge in [0.1, 0.15) is 5.75 Å². The lowest BCUT2D eigenvalue weighted by atomic mass is 10.2. The number of aromatic nitrogens is 2. The molecule has 0 aliphatic rings. The van der Waals surface area contributed by atoms with Gasteiger partial charge in [-0.1, -0.05) is 18.2 Å². The van der Waals surface area contributed by atoms with Crippen LogP contribution in [0.1, 0.15) is 5.69 Å². The van der Waals surface area contributed by atoms with Crippen molar-refractivity contribution in [2.45, 2.75) is 6.92 Å². The van der Waals surface area contributed by atoms with Crippen molar-refractivity contribution in [2.75, 3.05) is 7.11 Å². The molecule has 1 heterocycles. The summed E-state index contributed by atoms with van der Waals surface area (Å²) >= 11 is 0. The van der Waals surface area contributed by atoms with Gasteiger partial charge in [0, 0.05) is 5.39 Å². The zero-order chi connectivity index (χ0) is 12.5. The molecule has 0 spiro atoms. The average molecular weight is 238 g/mol. The molecule has 2 aromatic carbocycles. The summed E-state index contributed by atoms with van der Waals surface area (Å²) in [5.41, 5.74) is 3.21. The largest absolute Gasteiger partial charge is 0.497 e. The zero-order valence-corrected chi connectivity index (χ0v) is 10.4. The number of aryl methyl sites for hydroxylation is 1. The number of benzene rings is 2. The van der Waals surface area contributed by atoms with Crippen LogP contribution in [0.15, 0.2) is 48.5 Å². The van der Waals surface area contributed by atoms with E-state index in [4.69, 9.17) is 4.74 Å². The van der Waals surface area contributed by atoms with Crippen LogP contribution in [-0.2, 0) is 0 Å². The molecule has 0 saturated carbocycles. The second-order valence-corrected chi connectivity index (χ2v) is 4.21. The maximum atomic E-state index is 5.17. The monoisotopic (exact) mass is 238 g/mol. The van der Waals surface area contributed by atoms with Crippen molar-refractivity contribution in [2.24, 2.45) is 0 Å². The van der Waals surface area contributed by atoms with Gasteiger partial charge < -0.3 is 4.74 Å².